The number of fused-ring (bicyclic) bond motifs is 3. The van der Waals surface area contributed by atoms with Gasteiger partial charge in [0.2, 0.25) is 0 Å². The summed E-state index contributed by atoms with van der Waals surface area (Å²) in [6, 6.07) is 22.8. The smallest absolute Gasteiger partial charge is 0.455 e. The summed E-state index contributed by atoms with van der Waals surface area (Å²) < 4.78 is 18.7. The average Bonchev–Trinajstić information content (AvgIpc) is 3.23. The molecule has 4 aromatic rings. The zero-order valence-corrected chi connectivity index (χ0v) is 18.7. The molecule has 4 heteroatoms. The number of rotatable bonds is 2. The van der Waals surface area contributed by atoms with Crippen molar-refractivity contribution in [3.8, 4) is 11.1 Å². The van der Waals surface area contributed by atoms with Gasteiger partial charge in [-0.2, -0.15) is 0 Å². The van der Waals surface area contributed by atoms with Crippen LogP contribution < -0.4 is 5.46 Å². The van der Waals surface area contributed by atoms with E-state index in [1.54, 1.807) is 0 Å². The summed E-state index contributed by atoms with van der Waals surface area (Å²) >= 11 is 0. The SMILES string of the molecule is CC.CC1(C)OB(c2cccc(-c3cccc4c3oc3ccccc34)c2)OC1(C)C. The number of hydrogen-bond donors (Lipinski definition) is 0. The van der Waals surface area contributed by atoms with E-state index in [1.165, 1.54) is 0 Å². The highest BCUT2D eigenvalue weighted by atomic mass is 16.7. The van der Waals surface area contributed by atoms with Crippen LogP contribution in [-0.2, 0) is 9.31 Å². The summed E-state index contributed by atoms with van der Waals surface area (Å²) in [7, 11) is -0.375. The molecule has 0 bridgehead atoms. The maximum Gasteiger partial charge on any atom is 0.494 e. The standard InChI is InChI=1S/C24H23BO3.C2H6/c1-23(2)24(3,4)28-25(27-23)17-10-7-9-16(15-17)18-12-8-13-20-19-11-5-6-14-21(19)26-22(18)20;1-2/h5-15H,1-4H3;1-2H3. The van der Waals surface area contributed by atoms with E-state index in [0.29, 0.717) is 0 Å². The fraction of sp³-hybridized carbons (Fsp3) is 0.308. The zero-order valence-electron chi connectivity index (χ0n) is 18.7. The summed E-state index contributed by atoms with van der Waals surface area (Å²) in [6.07, 6.45) is 0. The fourth-order valence-electron chi connectivity index (χ4n) is 3.81. The van der Waals surface area contributed by atoms with E-state index in [1.807, 2.05) is 32.0 Å². The van der Waals surface area contributed by atoms with Crippen LogP contribution in [0, 0.1) is 0 Å². The molecule has 3 nitrogen and oxygen atoms in total. The molecule has 0 radical (unpaired) electrons. The molecular formula is C26H29BO3. The van der Waals surface area contributed by atoms with Gasteiger partial charge >= 0.3 is 7.12 Å². The van der Waals surface area contributed by atoms with Crippen LogP contribution in [0.15, 0.2) is 71.1 Å². The molecule has 154 valence electrons. The van der Waals surface area contributed by atoms with Crippen LogP contribution in [0.3, 0.4) is 0 Å². The van der Waals surface area contributed by atoms with Crippen molar-refractivity contribution in [1.82, 2.24) is 0 Å². The number of para-hydroxylation sites is 2. The lowest BCUT2D eigenvalue weighted by Crippen LogP contribution is -2.41. The second-order valence-corrected chi connectivity index (χ2v) is 8.49. The average molecular weight is 400 g/mol. The third-order valence-corrected chi connectivity index (χ3v) is 6.13. The Morgan fingerprint density at radius 1 is 0.700 bits per heavy atom. The quantitative estimate of drug-likeness (QED) is 0.356. The first-order valence-corrected chi connectivity index (χ1v) is 10.7. The summed E-state index contributed by atoms with van der Waals surface area (Å²) in [4.78, 5) is 0. The maximum atomic E-state index is 6.23. The van der Waals surface area contributed by atoms with Gasteiger partial charge in [0.15, 0.2) is 0 Å². The topological polar surface area (TPSA) is 31.6 Å². The number of hydrogen-bond acceptors (Lipinski definition) is 3. The van der Waals surface area contributed by atoms with E-state index in [9.17, 15) is 0 Å². The molecule has 0 N–H and O–H groups in total. The lowest BCUT2D eigenvalue weighted by molar-refractivity contribution is 0.00578. The van der Waals surface area contributed by atoms with Crippen LogP contribution in [0.1, 0.15) is 41.5 Å². The molecule has 5 rings (SSSR count). The molecule has 1 fully saturated rings. The predicted molar refractivity (Wildman–Crippen MR) is 126 cm³/mol. The van der Waals surface area contributed by atoms with Crippen molar-refractivity contribution in [1.29, 1.82) is 0 Å². The van der Waals surface area contributed by atoms with Crippen molar-refractivity contribution in [2.45, 2.75) is 52.7 Å². The lowest BCUT2D eigenvalue weighted by atomic mass is 9.78. The van der Waals surface area contributed by atoms with Crippen molar-refractivity contribution in [3.63, 3.8) is 0 Å². The third kappa shape index (κ3) is 3.34. The molecule has 0 saturated carbocycles. The Kier molecular flexibility index (Phi) is 5.25. The predicted octanol–water partition coefficient (Wildman–Crippen LogP) is 6.58. The minimum atomic E-state index is -0.375. The van der Waals surface area contributed by atoms with E-state index in [-0.39, 0.29) is 18.3 Å². The Balaban J connectivity index is 0.00000106. The van der Waals surface area contributed by atoms with Gasteiger partial charge in [0.25, 0.3) is 0 Å². The van der Waals surface area contributed by atoms with Crippen LogP contribution in [0.2, 0.25) is 0 Å². The van der Waals surface area contributed by atoms with Gasteiger partial charge in [0.1, 0.15) is 11.2 Å². The Bertz CT molecular complexity index is 1170. The van der Waals surface area contributed by atoms with Crippen molar-refractivity contribution in [2.75, 3.05) is 0 Å². The summed E-state index contributed by atoms with van der Waals surface area (Å²) in [5.41, 5.74) is 4.30. The van der Waals surface area contributed by atoms with E-state index in [4.69, 9.17) is 13.7 Å². The monoisotopic (exact) mass is 400 g/mol. The highest BCUT2D eigenvalue weighted by Gasteiger charge is 2.51. The molecule has 1 aromatic heterocycles. The van der Waals surface area contributed by atoms with Crippen molar-refractivity contribution >= 4 is 34.5 Å². The molecule has 1 aliphatic rings. The number of furan rings is 1. The van der Waals surface area contributed by atoms with Gasteiger partial charge in [0, 0.05) is 16.3 Å². The van der Waals surface area contributed by atoms with E-state index in [0.717, 1.165) is 38.5 Å². The minimum Gasteiger partial charge on any atom is -0.455 e. The van der Waals surface area contributed by atoms with Crippen LogP contribution in [0.25, 0.3) is 33.1 Å². The fourth-order valence-corrected chi connectivity index (χ4v) is 3.81. The highest BCUT2D eigenvalue weighted by Crippen LogP contribution is 2.38. The van der Waals surface area contributed by atoms with Crippen molar-refractivity contribution in [3.05, 3.63) is 66.7 Å². The van der Waals surface area contributed by atoms with Crippen molar-refractivity contribution in [2.24, 2.45) is 0 Å². The van der Waals surface area contributed by atoms with Gasteiger partial charge in [-0.25, -0.2) is 0 Å². The molecule has 0 spiro atoms. The summed E-state index contributed by atoms with van der Waals surface area (Å²) in [5, 5.41) is 2.27. The minimum absolute atomic E-state index is 0.355. The molecule has 1 aliphatic heterocycles. The van der Waals surface area contributed by atoms with Gasteiger partial charge in [0.05, 0.1) is 11.2 Å². The molecule has 0 aliphatic carbocycles. The molecule has 1 saturated heterocycles. The molecule has 2 heterocycles. The molecular weight excluding hydrogens is 371 g/mol. The normalized spacial score (nSPS) is 17.2. The van der Waals surface area contributed by atoms with Crippen LogP contribution in [0.5, 0.6) is 0 Å². The van der Waals surface area contributed by atoms with E-state index >= 15 is 0 Å². The zero-order chi connectivity index (χ0) is 21.5. The highest BCUT2D eigenvalue weighted by molar-refractivity contribution is 6.62. The molecule has 0 amide bonds. The van der Waals surface area contributed by atoms with Crippen molar-refractivity contribution < 1.29 is 13.7 Å². The first-order chi connectivity index (χ1) is 14.4. The van der Waals surface area contributed by atoms with Gasteiger partial charge < -0.3 is 13.7 Å². The second kappa shape index (κ2) is 7.61. The molecule has 30 heavy (non-hydrogen) atoms. The van der Waals surface area contributed by atoms with Gasteiger partial charge in [-0.3, -0.25) is 0 Å². The van der Waals surface area contributed by atoms with Gasteiger partial charge in [-0.1, -0.05) is 74.5 Å². The Labute approximate surface area is 179 Å². The van der Waals surface area contributed by atoms with Crippen LogP contribution >= 0.6 is 0 Å². The first-order valence-electron chi connectivity index (χ1n) is 10.7. The maximum absolute atomic E-state index is 6.23. The number of benzene rings is 3. The summed E-state index contributed by atoms with van der Waals surface area (Å²) in [6.45, 7) is 12.3. The van der Waals surface area contributed by atoms with Gasteiger partial charge in [-0.05, 0) is 44.8 Å². The Hall–Kier alpha value is -2.56. The largest absolute Gasteiger partial charge is 0.494 e. The van der Waals surface area contributed by atoms with E-state index < -0.39 is 0 Å². The molecule has 0 unspecified atom stereocenters. The first kappa shape index (κ1) is 20.7. The van der Waals surface area contributed by atoms with E-state index in [2.05, 4.69) is 76.2 Å². The molecule has 3 aromatic carbocycles. The van der Waals surface area contributed by atoms with Crippen LogP contribution in [0.4, 0.5) is 0 Å². The Morgan fingerprint density at radius 2 is 1.33 bits per heavy atom. The molecule has 0 atom stereocenters. The van der Waals surface area contributed by atoms with Gasteiger partial charge in [-0.15, -0.1) is 0 Å². The van der Waals surface area contributed by atoms with Crippen LogP contribution in [-0.4, -0.2) is 18.3 Å². The Morgan fingerprint density at radius 3 is 2.07 bits per heavy atom. The summed E-state index contributed by atoms with van der Waals surface area (Å²) in [5.74, 6) is 0. The third-order valence-electron chi connectivity index (χ3n) is 6.13. The second-order valence-electron chi connectivity index (χ2n) is 8.49. The lowest BCUT2D eigenvalue weighted by Gasteiger charge is -2.32.